The second-order valence-corrected chi connectivity index (χ2v) is 5.01. The number of amides is 2. The van der Waals surface area contributed by atoms with Crippen LogP contribution in [0.3, 0.4) is 0 Å². The Morgan fingerprint density at radius 3 is 2.52 bits per heavy atom. The van der Waals surface area contributed by atoms with E-state index in [0.717, 1.165) is 4.90 Å². The Bertz CT molecular complexity index is 459. The van der Waals surface area contributed by atoms with Crippen LogP contribution in [0, 0.1) is 17.8 Å². The first kappa shape index (κ1) is 17.1. The summed E-state index contributed by atoms with van der Waals surface area (Å²) in [6.07, 6.45) is 0.851. The van der Waals surface area contributed by atoms with Gasteiger partial charge in [-0.2, -0.15) is 13.2 Å². The van der Waals surface area contributed by atoms with Crippen LogP contribution in [0.25, 0.3) is 0 Å². The average molecular weight is 306 g/mol. The summed E-state index contributed by atoms with van der Waals surface area (Å²) in [4.78, 5) is 23.7. The molecule has 2 N–H and O–H groups in total. The fraction of sp³-hybridized carbons (Fsp3) is 0.692. The van der Waals surface area contributed by atoms with Crippen molar-refractivity contribution in [3.8, 4) is 12.3 Å². The third-order valence-electron chi connectivity index (χ3n) is 3.58. The first-order valence-corrected chi connectivity index (χ1v) is 6.49. The zero-order valence-electron chi connectivity index (χ0n) is 11.5. The number of rotatable bonds is 4. The summed E-state index contributed by atoms with van der Waals surface area (Å²) in [6, 6.07) is -1.34. The maximum Gasteiger partial charge on any atom is 0.406 e. The molecule has 8 heteroatoms. The van der Waals surface area contributed by atoms with Gasteiger partial charge in [0.25, 0.3) is 0 Å². The van der Waals surface area contributed by atoms with Gasteiger partial charge in [0.15, 0.2) is 5.41 Å². The number of alkyl halides is 3. The molecule has 0 aromatic carbocycles. The predicted octanol–water partition coefficient (Wildman–Crippen LogP) is 1.84. The van der Waals surface area contributed by atoms with Gasteiger partial charge in [0, 0.05) is 13.1 Å². The van der Waals surface area contributed by atoms with E-state index in [1.54, 1.807) is 0 Å². The molecule has 2 unspecified atom stereocenters. The molecule has 2 atom stereocenters. The number of urea groups is 1. The van der Waals surface area contributed by atoms with Gasteiger partial charge in [0.2, 0.25) is 0 Å². The number of carboxylic acids is 1. The lowest BCUT2D eigenvalue weighted by molar-refractivity contribution is -0.226. The van der Waals surface area contributed by atoms with Crippen molar-refractivity contribution in [1.82, 2.24) is 10.2 Å². The number of likely N-dealkylation sites (tertiary alicyclic amines) is 1. The molecular weight excluding hydrogens is 289 g/mol. The van der Waals surface area contributed by atoms with Gasteiger partial charge in [0.1, 0.15) is 0 Å². The van der Waals surface area contributed by atoms with Crippen molar-refractivity contribution in [2.75, 3.05) is 13.1 Å². The van der Waals surface area contributed by atoms with E-state index >= 15 is 0 Å². The summed E-state index contributed by atoms with van der Waals surface area (Å²) in [5, 5.41) is 11.3. The van der Waals surface area contributed by atoms with Crippen molar-refractivity contribution in [2.45, 2.75) is 38.4 Å². The van der Waals surface area contributed by atoms with Crippen LogP contribution < -0.4 is 5.32 Å². The third kappa shape index (κ3) is 3.40. The van der Waals surface area contributed by atoms with E-state index in [-0.39, 0.29) is 6.54 Å². The summed E-state index contributed by atoms with van der Waals surface area (Å²) in [7, 11) is 0. The number of aliphatic carboxylic acids is 1. The molecule has 0 saturated carbocycles. The highest BCUT2D eigenvalue weighted by atomic mass is 19.4. The number of carboxylic acid groups (broad SMARTS) is 1. The lowest BCUT2D eigenvalue weighted by Gasteiger charge is -2.27. The normalized spacial score (nSPS) is 23.5. The molecule has 0 spiro atoms. The van der Waals surface area contributed by atoms with Crippen LogP contribution in [-0.4, -0.2) is 47.3 Å². The van der Waals surface area contributed by atoms with Crippen LogP contribution in [0.15, 0.2) is 0 Å². The molecule has 1 aliphatic rings. The molecular formula is C13H17F3N2O3. The van der Waals surface area contributed by atoms with Gasteiger partial charge in [-0.3, -0.25) is 4.79 Å². The molecule has 1 rings (SSSR count). The Kier molecular flexibility index (Phi) is 5.10. The number of carbonyl (C=O) groups excluding carboxylic acids is 1. The topological polar surface area (TPSA) is 69.6 Å². The van der Waals surface area contributed by atoms with Gasteiger partial charge in [-0.05, 0) is 12.8 Å². The molecule has 2 amide bonds. The fourth-order valence-corrected chi connectivity index (χ4v) is 2.24. The number of hydrogen-bond acceptors (Lipinski definition) is 2. The summed E-state index contributed by atoms with van der Waals surface area (Å²) in [6.45, 7) is 0.674. The van der Waals surface area contributed by atoms with E-state index in [9.17, 15) is 22.8 Å². The minimum absolute atomic E-state index is 0.277. The summed E-state index contributed by atoms with van der Waals surface area (Å²) in [5.74, 6) is 0.369. The molecule has 1 saturated heterocycles. The van der Waals surface area contributed by atoms with Gasteiger partial charge in [-0.15, -0.1) is 6.42 Å². The molecule has 118 valence electrons. The first-order valence-electron chi connectivity index (χ1n) is 6.49. The van der Waals surface area contributed by atoms with Gasteiger partial charge in [0.05, 0.1) is 6.04 Å². The summed E-state index contributed by atoms with van der Waals surface area (Å²) < 4.78 is 38.9. The molecule has 0 aromatic heterocycles. The largest absolute Gasteiger partial charge is 0.481 e. The van der Waals surface area contributed by atoms with Crippen LogP contribution in [0.1, 0.15) is 26.2 Å². The van der Waals surface area contributed by atoms with Gasteiger partial charge >= 0.3 is 18.2 Å². The van der Waals surface area contributed by atoms with E-state index in [1.807, 2.05) is 6.92 Å². The van der Waals surface area contributed by atoms with Gasteiger partial charge < -0.3 is 15.3 Å². The lowest BCUT2D eigenvalue weighted by Crippen LogP contribution is -2.50. The first-order chi connectivity index (χ1) is 9.67. The molecule has 1 heterocycles. The molecule has 1 aliphatic heterocycles. The van der Waals surface area contributed by atoms with Crippen LogP contribution >= 0.6 is 0 Å². The van der Waals surface area contributed by atoms with Crippen LogP contribution in [-0.2, 0) is 4.79 Å². The number of hydrogen-bond donors (Lipinski definition) is 2. The number of halogens is 3. The Morgan fingerprint density at radius 2 is 2.14 bits per heavy atom. The molecule has 5 nitrogen and oxygen atoms in total. The number of terminal acetylenes is 1. The average Bonchev–Trinajstić information content (AvgIpc) is 2.84. The van der Waals surface area contributed by atoms with E-state index < -0.39 is 42.6 Å². The van der Waals surface area contributed by atoms with E-state index in [4.69, 9.17) is 11.5 Å². The predicted molar refractivity (Wildman–Crippen MR) is 68.4 cm³/mol. The zero-order chi connectivity index (χ0) is 16.3. The number of nitrogens with one attached hydrogen (secondary N) is 1. The van der Waals surface area contributed by atoms with Crippen molar-refractivity contribution in [3.05, 3.63) is 0 Å². The van der Waals surface area contributed by atoms with Crippen LogP contribution in [0.5, 0.6) is 0 Å². The SMILES string of the molecule is C#CC(CCC)NC(=O)N1CCC(C(=O)O)(C(F)(F)F)C1. The molecule has 0 radical (unpaired) electrons. The van der Waals surface area contributed by atoms with Crippen LogP contribution in [0.4, 0.5) is 18.0 Å². The van der Waals surface area contributed by atoms with Crippen molar-refractivity contribution in [2.24, 2.45) is 5.41 Å². The lowest BCUT2D eigenvalue weighted by atomic mass is 9.86. The minimum atomic E-state index is -4.91. The standard InChI is InChI=1S/C13H17F3N2O3/c1-3-5-9(4-2)17-11(21)18-7-6-12(8-18,10(19)20)13(14,15)16/h2,9H,3,5-8H2,1H3,(H,17,21)(H,19,20). The Labute approximate surface area is 120 Å². The number of nitrogens with zero attached hydrogens (tertiary/aromatic N) is 1. The molecule has 1 fully saturated rings. The van der Waals surface area contributed by atoms with Crippen molar-refractivity contribution < 1.29 is 27.9 Å². The highest BCUT2D eigenvalue weighted by Gasteiger charge is 2.64. The van der Waals surface area contributed by atoms with Crippen molar-refractivity contribution in [3.63, 3.8) is 0 Å². The Hall–Kier alpha value is -1.91. The summed E-state index contributed by atoms with van der Waals surface area (Å²) in [5.41, 5.74) is -2.90. The molecule has 0 aromatic rings. The summed E-state index contributed by atoms with van der Waals surface area (Å²) >= 11 is 0. The molecule has 0 bridgehead atoms. The fourth-order valence-electron chi connectivity index (χ4n) is 2.24. The second kappa shape index (κ2) is 6.24. The van der Waals surface area contributed by atoms with E-state index in [1.165, 1.54) is 0 Å². The maximum absolute atomic E-state index is 13.0. The maximum atomic E-state index is 13.0. The smallest absolute Gasteiger partial charge is 0.406 e. The third-order valence-corrected chi connectivity index (χ3v) is 3.58. The highest BCUT2D eigenvalue weighted by Crippen LogP contribution is 2.45. The van der Waals surface area contributed by atoms with Crippen LogP contribution in [0.2, 0.25) is 0 Å². The second-order valence-electron chi connectivity index (χ2n) is 5.01. The van der Waals surface area contributed by atoms with Gasteiger partial charge in [-0.25, -0.2) is 4.79 Å². The Morgan fingerprint density at radius 1 is 1.52 bits per heavy atom. The van der Waals surface area contributed by atoms with E-state index in [0.29, 0.717) is 12.8 Å². The number of carbonyl (C=O) groups is 2. The quantitative estimate of drug-likeness (QED) is 0.779. The zero-order valence-corrected chi connectivity index (χ0v) is 11.5. The van der Waals surface area contributed by atoms with Crippen molar-refractivity contribution >= 4 is 12.0 Å². The monoisotopic (exact) mass is 306 g/mol. The highest BCUT2D eigenvalue weighted by molar-refractivity contribution is 5.80. The van der Waals surface area contributed by atoms with Crippen molar-refractivity contribution in [1.29, 1.82) is 0 Å². The van der Waals surface area contributed by atoms with Gasteiger partial charge in [-0.1, -0.05) is 19.3 Å². The van der Waals surface area contributed by atoms with E-state index in [2.05, 4.69) is 11.2 Å². The molecule has 21 heavy (non-hydrogen) atoms. The minimum Gasteiger partial charge on any atom is -0.481 e. The Balaban J connectivity index is 2.79. The molecule has 0 aliphatic carbocycles.